The molecular formula is C12H15FN2. The maximum Gasteiger partial charge on any atom is 0.148 e. The molecule has 1 aromatic carbocycles. The van der Waals surface area contributed by atoms with E-state index in [0.29, 0.717) is 17.4 Å². The van der Waals surface area contributed by atoms with Gasteiger partial charge in [0.15, 0.2) is 0 Å². The first-order chi connectivity index (χ1) is 7.27. The highest BCUT2D eigenvalue weighted by Gasteiger charge is 2.18. The van der Waals surface area contributed by atoms with Crippen molar-refractivity contribution in [2.24, 2.45) is 16.6 Å². The normalized spacial score (nSPS) is 18.3. The average molecular weight is 206 g/mol. The van der Waals surface area contributed by atoms with Crippen molar-refractivity contribution in [3.63, 3.8) is 0 Å². The molecule has 1 aliphatic carbocycles. The van der Waals surface area contributed by atoms with Crippen molar-refractivity contribution in [1.29, 1.82) is 0 Å². The fourth-order valence-corrected chi connectivity index (χ4v) is 1.99. The molecule has 0 radical (unpaired) electrons. The average Bonchev–Trinajstić information content (AvgIpc) is 2.74. The lowest BCUT2D eigenvalue weighted by Crippen LogP contribution is -2.20. The Kier molecular flexibility index (Phi) is 2.99. The van der Waals surface area contributed by atoms with Crippen LogP contribution >= 0.6 is 0 Å². The third kappa shape index (κ3) is 2.35. The summed E-state index contributed by atoms with van der Waals surface area (Å²) in [6.07, 6.45) is 4.59. The number of nitrogens with zero attached hydrogens (tertiary/aromatic N) is 1. The number of amidine groups is 1. The van der Waals surface area contributed by atoms with Gasteiger partial charge in [-0.15, -0.1) is 0 Å². The second-order valence-corrected chi connectivity index (χ2v) is 3.97. The van der Waals surface area contributed by atoms with E-state index >= 15 is 0 Å². The molecule has 1 fully saturated rings. The van der Waals surface area contributed by atoms with E-state index in [-0.39, 0.29) is 5.82 Å². The van der Waals surface area contributed by atoms with E-state index in [9.17, 15) is 4.39 Å². The first kappa shape index (κ1) is 10.1. The first-order valence-corrected chi connectivity index (χ1v) is 5.36. The Morgan fingerprint density at radius 1 is 1.27 bits per heavy atom. The van der Waals surface area contributed by atoms with Gasteiger partial charge in [0, 0.05) is 5.92 Å². The predicted octanol–water partition coefficient (Wildman–Crippen LogP) is 3.00. The van der Waals surface area contributed by atoms with Gasteiger partial charge in [-0.3, -0.25) is 0 Å². The number of rotatable bonds is 2. The molecule has 15 heavy (non-hydrogen) atoms. The molecule has 0 aliphatic heterocycles. The van der Waals surface area contributed by atoms with Crippen LogP contribution in [0.5, 0.6) is 0 Å². The maximum atomic E-state index is 13.3. The fourth-order valence-electron chi connectivity index (χ4n) is 1.99. The largest absolute Gasteiger partial charge is 0.387 e. The summed E-state index contributed by atoms with van der Waals surface area (Å²) in [5, 5.41) is 0. The minimum Gasteiger partial charge on any atom is -0.387 e. The van der Waals surface area contributed by atoms with E-state index in [4.69, 9.17) is 5.73 Å². The van der Waals surface area contributed by atoms with Gasteiger partial charge in [-0.1, -0.05) is 25.0 Å². The van der Waals surface area contributed by atoms with E-state index in [1.54, 1.807) is 18.2 Å². The van der Waals surface area contributed by atoms with Gasteiger partial charge in [0.05, 0.1) is 0 Å². The van der Waals surface area contributed by atoms with Crippen molar-refractivity contribution in [1.82, 2.24) is 0 Å². The molecule has 1 aliphatic rings. The molecule has 2 rings (SSSR count). The number of hydrogen-bond acceptors (Lipinski definition) is 1. The lowest BCUT2D eigenvalue weighted by molar-refractivity contribution is 0.629. The van der Waals surface area contributed by atoms with Crippen LogP contribution in [0.2, 0.25) is 0 Å². The van der Waals surface area contributed by atoms with E-state index in [0.717, 1.165) is 12.8 Å². The molecule has 0 amide bonds. The molecule has 3 heteroatoms. The number of benzene rings is 1. The van der Waals surface area contributed by atoms with Gasteiger partial charge in [0.1, 0.15) is 17.3 Å². The molecule has 0 aromatic heterocycles. The van der Waals surface area contributed by atoms with Crippen molar-refractivity contribution < 1.29 is 4.39 Å². The molecule has 2 N–H and O–H groups in total. The summed E-state index contributed by atoms with van der Waals surface area (Å²) in [4.78, 5) is 4.16. The van der Waals surface area contributed by atoms with Gasteiger partial charge in [0.2, 0.25) is 0 Å². The Bertz CT molecular complexity index is 368. The molecule has 0 heterocycles. The molecule has 0 unspecified atom stereocenters. The molecule has 1 saturated carbocycles. The number of halogens is 1. The molecule has 0 bridgehead atoms. The zero-order valence-electron chi connectivity index (χ0n) is 8.62. The lowest BCUT2D eigenvalue weighted by Gasteiger charge is -2.07. The van der Waals surface area contributed by atoms with Crippen molar-refractivity contribution in [3.05, 3.63) is 30.1 Å². The third-order valence-electron chi connectivity index (χ3n) is 2.88. The van der Waals surface area contributed by atoms with Crippen LogP contribution in [0, 0.1) is 11.7 Å². The summed E-state index contributed by atoms with van der Waals surface area (Å²) >= 11 is 0. The molecule has 0 atom stereocenters. The zero-order valence-corrected chi connectivity index (χ0v) is 8.62. The first-order valence-electron chi connectivity index (χ1n) is 5.36. The van der Waals surface area contributed by atoms with Crippen LogP contribution in [0.1, 0.15) is 25.7 Å². The predicted molar refractivity (Wildman–Crippen MR) is 59.6 cm³/mol. The molecule has 2 nitrogen and oxygen atoms in total. The van der Waals surface area contributed by atoms with Gasteiger partial charge >= 0.3 is 0 Å². The molecule has 80 valence electrons. The van der Waals surface area contributed by atoms with Crippen LogP contribution in [-0.2, 0) is 0 Å². The monoisotopic (exact) mass is 206 g/mol. The second kappa shape index (κ2) is 4.43. The van der Waals surface area contributed by atoms with E-state index in [1.165, 1.54) is 18.9 Å². The molecular weight excluding hydrogens is 191 g/mol. The maximum absolute atomic E-state index is 13.3. The second-order valence-electron chi connectivity index (χ2n) is 3.97. The standard InChI is InChI=1S/C12H15FN2/c13-10-7-3-4-8-11(10)15-12(14)9-5-1-2-6-9/h3-4,7-9H,1-2,5-6H2,(H2,14,15). The van der Waals surface area contributed by atoms with E-state index < -0.39 is 0 Å². The number of para-hydroxylation sites is 1. The van der Waals surface area contributed by atoms with Crippen LogP contribution in [-0.4, -0.2) is 5.84 Å². The molecule has 1 aromatic rings. The van der Waals surface area contributed by atoms with Crippen LogP contribution in [0.15, 0.2) is 29.3 Å². The topological polar surface area (TPSA) is 38.4 Å². The van der Waals surface area contributed by atoms with E-state index in [2.05, 4.69) is 4.99 Å². The summed E-state index contributed by atoms with van der Waals surface area (Å²) < 4.78 is 13.3. The van der Waals surface area contributed by atoms with Crippen LogP contribution in [0.25, 0.3) is 0 Å². The Labute approximate surface area is 89.0 Å². The fraction of sp³-hybridized carbons (Fsp3) is 0.417. The summed E-state index contributed by atoms with van der Waals surface area (Å²) in [5.74, 6) is 0.626. The highest BCUT2D eigenvalue weighted by Crippen LogP contribution is 2.26. The summed E-state index contributed by atoms with van der Waals surface area (Å²) in [5.41, 5.74) is 6.21. The number of aliphatic imine (C=N–C) groups is 1. The highest BCUT2D eigenvalue weighted by atomic mass is 19.1. The number of nitrogens with two attached hydrogens (primary N) is 1. The van der Waals surface area contributed by atoms with Gasteiger partial charge in [-0.2, -0.15) is 0 Å². The summed E-state index contributed by atoms with van der Waals surface area (Å²) in [6.45, 7) is 0. The van der Waals surface area contributed by atoms with Crippen molar-refractivity contribution in [3.8, 4) is 0 Å². The Morgan fingerprint density at radius 2 is 1.93 bits per heavy atom. The minimum absolute atomic E-state index is 0.307. The SMILES string of the molecule is NC(=Nc1ccccc1F)C1CCCC1. The summed E-state index contributed by atoms with van der Waals surface area (Å²) in [7, 11) is 0. The highest BCUT2D eigenvalue weighted by molar-refractivity contribution is 5.85. The van der Waals surface area contributed by atoms with Crippen molar-refractivity contribution in [2.45, 2.75) is 25.7 Å². The van der Waals surface area contributed by atoms with Crippen LogP contribution in [0.4, 0.5) is 10.1 Å². The molecule has 0 saturated heterocycles. The van der Waals surface area contributed by atoms with E-state index in [1.807, 2.05) is 0 Å². The molecule has 0 spiro atoms. The smallest absolute Gasteiger partial charge is 0.148 e. The quantitative estimate of drug-likeness (QED) is 0.586. The third-order valence-corrected chi connectivity index (χ3v) is 2.88. The Hall–Kier alpha value is -1.38. The Morgan fingerprint density at radius 3 is 2.60 bits per heavy atom. The van der Waals surface area contributed by atoms with Gasteiger partial charge in [-0.25, -0.2) is 9.38 Å². The van der Waals surface area contributed by atoms with Crippen LogP contribution < -0.4 is 5.73 Å². The van der Waals surface area contributed by atoms with Crippen molar-refractivity contribution in [2.75, 3.05) is 0 Å². The summed E-state index contributed by atoms with van der Waals surface area (Å²) in [6, 6.07) is 6.47. The minimum atomic E-state index is -0.307. The lowest BCUT2D eigenvalue weighted by atomic mass is 10.1. The van der Waals surface area contributed by atoms with Crippen LogP contribution in [0.3, 0.4) is 0 Å². The van der Waals surface area contributed by atoms with Crippen molar-refractivity contribution >= 4 is 11.5 Å². The van der Waals surface area contributed by atoms with Gasteiger partial charge in [-0.05, 0) is 25.0 Å². The number of hydrogen-bond donors (Lipinski definition) is 1. The zero-order chi connectivity index (χ0) is 10.7. The Balaban J connectivity index is 2.18. The van der Waals surface area contributed by atoms with Gasteiger partial charge < -0.3 is 5.73 Å². The van der Waals surface area contributed by atoms with Gasteiger partial charge in [0.25, 0.3) is 0 Å².